The van der Waals surface area contributed by atoms with Gasteiger partial charge in [-0.1, -0.05) is 20.8 Å². The smallest absolute Gasteiger partial charge is 0.293 e. The van der Waals surface area contributed by atoms with Crippen molar-refractivity contribution in [3.05, 3.63) is 40.7 Å². The van der Waals surface area contributed by atoms with Gasteiger partial charge < -0.3 is 14.4 Å². The molecule has 0 radical (unpaired) electrons. The molecule has 0 spiro atoms. The second-order valence-corrected chi connectivity index (χ2v) is 9.56. The molecule has 0 atom stereocenters. The van der Waals surface area contributed by atoms with E-state index in [1.807, 2.05) is 33.2 Å². The van der Waals surface area contributed by atoms with Crippen molar-refractivity contribution in [1.82, 2.24) is 29.4 Å². The topological polar surface area (TPSA) is 84.5 Å². The Labute approximate surface area is 175 Å². The molecule has 3 aromatic rings. The highest BCUT2D eigenvalue weighted by Crippen LogP contribution is 2.30. The van der Waals surface area contributed by atoms with Gasteiger partial charge in [0, 0.05) is 44.5 Å². The number of likely N-dealkylation sites (N-methyl/N-ethyl adjacent to an activating group) is 1. The lowest BCUT2D eigenvalue weighted by Gasteiger charge is -2.44. The Morgan fingerprint density at radius 2 is 1.93 bits per heavy atom. The zero-order valence-electron chi connectivity index (χ0n) is 18.0. The molecule has 2 aliphatic rings. The van der Waals surface area contributed by atoms with Crippen LogP contribution in [0.4, 0.5) is 11.6 Å². The van der Waals surface area contributed by atoms with E-state index >= 15 is 0 Å². The van der Waals surface area contributed by atoms with Crippen LogP contribution in [0, 0.1) is 5.92 Å². The van der Waals surface area contributed by atoms with E-state index in [0.717, 1.165) is 36.9 Å². The summed E-state index contributed by atoms with van der Waals surface area (Å²) in [6.07, 6.45) is 5.98. The number of aromatic nitrogens is 6. The van der Waals surface area contributed by atoms with Gasteiger partial charge in [0.1, 0.15) is 5.82 Å². The highest BCUT2D eigenvalue weighted by Gasteiger charge is 2.34. The molecule has 158 valence electrons. The fourth-order valence-electron chi connectivity index (χ4n) is 3.88. The number of fused-ring (bicyclic) bond motifs is 1. The van der Waals surface area contributed by atoms with Gasteiger partial charge >= 0.3 is 0 Å². The van der Waals surface area contributed by atoms with Crippen LogP contribution in [0.2, 0.25) is 0 Å². The lowest BCUT2D eigenvalue weighted by atomic mass is 9.96. The average molecular weight is 409 g/mol. The largest absolute Gasteiger partial charge is 0.351 e. The van der Waals surface area contributed by atoms with E-state index in [-0.39, 0.29) is 17.0 Å². The molecule has 0 aromatic carbocycles. The second kappa shape index (κ2) is 6.78. The Hall–Kier alpha value is -2.97. The average Bonchev–Trinajstić information content (AvgIpc) is 3.36. The molecule has 9 nitrogen and oxygen atoms in total. The third-order valence-electron chi connectivity index (χ3n) is 6.04. The van der Waals surface area contributed by atoms with Gasteiger partial charge in [-0.2, -0.15) is 4.52 Å². The maximum Gasteiger partial charge on any atom is 0.293 e. The van der Waals surface area contributed by atoms with E-state index < -0.39 is 0 Å². The summed E-state index contributed by atoms with van der Waals surface area (Å²) in [7, 11) is 1.96. The first-order valence-corrected chi connectivity index (χ1v) is 10.6. The predicted molar refractivity (Wildman–Crippen MR) is 115 cm³/mol. The van der Waals surface area contributed by atoms with Gasteiger partial charge in [-0.15, -0.1) is 15.3 Å². The summed E-state index contributed by atoms with van der Waals surface area (Å²) in [6, 6.07) is 4.16. The van der Waals surface area contributed by atoms with E-state index in [1.165, 1.54) is 12.8 Å². The Morgan fingerprint density at radius 1 is 1.17 bits per heavy atom. The van der Waals surface area contributed by atoms with E-state index in [1.54, 1.807) is 12.4 Å². The molecule has 3 aromatic heterocycles. The minimum atomic E-state index is -0.137. The van der Waals surface area contributed by atoms with Crippen molar-refractivity contribution in [2.24, 2.45) is 5.92 Å². The molecule has 0 N–H and O–H groups in total. The highest BCUT2D eigenvalue weighted by atomic mass is 16.1. The summed E-state index contributed by atoms with van der Waals surface area (Å²) in [6.45, 7) is 8.71. The van der Waals surface area contributed by atoms with E-state index in [0.29, 0.717) is 11.7 Å². The van der Waals surface area contributed by atoms with E-state index in [4.69, 9.17) is 5.10 Å². The summed E-state index contributed by atoms with van der Waals surface area (Å²) in [5, 5.41) is 13.3. The summed E-state index contributed by atoms with van der Waals surface area (Å²) in [4.78, 5) is 21.4. The molecule has 0 amide bonds. The van der Waals surface area contributed by atoms with Crippen LogP contribution in [0.15, 0.2) is 29.3 Å². The molecule has 0 bridgehead atoms. The van der Waals surface area contributed by atoms with Gasteiger partial charge in [0.05, 0.1) is 6.04 Å². The van der Waals surface area contributed by atoms with E-state index in [9.17, 15) is 4.79 Å². The Bertz CT molecular complexity index is 1130. The molecule has 30 heavy (non-hydrogen) atoms. The fraction of sp³-hybridized carbons (Fsp3) is 0.571. The first-order chi connectivity index (χ1) is 14.3. The number of rotatable bonds is 5. The predicted octanol–water partition coefficient (Wildman–Crippen LogP) is 1.71. The van der Waals surface area contributed by atoms with Crippen molar-refractivity contribution in [2.75, 3.05) is 29.9 Å². The molecule has 1 saturated heterocycles. The van der Waals surface area contributed by atoms with Crippen molar-refractivity contribution < 1.29 is 0 Å². The fourth-order valence-corrected chi connectivity index (χ4v) is 3.88. The van der Waals surface area contributed by atoms with Crippen LogP contribution >= 0.6 is 0 Å². The van der Waals surface area contributed by atoms with Crippen LogP contribution in [-0.2, 0) is 12.0 Å². The van der Waals surface area contributed by atoms with Crippen LogP contribution in [0.3, 0.4) is 0 Å². The van der Waals surface area contributed by atoms with Gasteiger partial charge in [0.15, 0.2) is 17.3 Å². The maximum atomic E-state index is 12.8. The first-order valence-electron chi connectivity index (χ1n) is 10.6. The minimum absolute atomic E-state index is 0.00389. The third-order valence-corrected chi connectivity index (χ3v) is 6.04. The Balaban J connectivity index is 1.32. The Morgan fingerprint density at radius 3 is 2.63 bits per heavy atom. The van der Waals surface area contributed by atoms with Crippen LogP contribution in [-0.4, -0.2) is 55.5 Å². The zero-order chi connectivity index (χ0) is 21.0. The monoisotopic (exact) mass is 408 g/mol. The molecule has 1 aliphatic carbocycles. The van der Waals surface area contributed by atoms with Gasteiger partial charge in [-0.25, -0.2) is 4.98 Å². The summed E-state index contributed by atoms with van der Waals surface area (Å²) < 4.78 is 3.64. The lowest BCUT2D eigenvalue weighted by Crippen LogP contribution is -2.60. The quantitative estimate of drug-likeness (QED) is 0.635. The van der Waals surface area contributed by atoms with Crippen molar-refractivity contribution in [3.8, 4) is 0 Å². The number of hydrogen-bond donors (Lipinski definition) is 0. The SMILES string of the molecule is CN(c1nccn(CC2CC2)c1=O)C1CN(c2ccc3nnc(C(C)(C)C)n3n2)C1. The second-order valence-electron chi connectivity index (χ2n) is 9.56. The van der Waals surface area contributed by atoms with E-state index in [2.05, 4.69) is 40.9 Å². The zero-order valence-corrected chi connectivity index (χ0v) is 18.0. The molecule has 1 aliphatic heterocycles. The van der Waals surface area contributed by atoms with Gasteiger partial charge in [0.2, 0.25) is 0 Å². The molecule has 9 heteroatoms. The number of nitrogens with zero attached hydrogens (tertiary/aromatic N) is 8. The van der Waals surface area contributed by atoms with Gasteiger partial charge in [-0.3, -0.25) is 4.79 Å². The normalized spacial score (nSPS) is 17.4. The molecular formula is C21H28N8O. The molecule has 0 unspecified atom stereocenters. The van der Waals surface area contributed by atoms with Crippen molar-refractivity contribution in [2.45, 2.75) is 51.6 Å². The van der Waals surface area contributed by atoms with Gasteiger partial charge in [-0.05, 0) is 30.9 Å². The van der Waals surface area contributed by atoms with Crippen LogP contribution in [0.1, 0.15) is 39.4 Å². The molecular weight excluding hydrogens is 380 g/mol. The van der Waals surface area contributed by atoms with Gasteiger partial charge in [0.25, 0.3) is 5.56 Å². The standard InChI is InChI=1S/C21H28N8O/c1-21(2,3)20-24-23-16-7-8-17(25-29(16)20)28-12-15(13-28)26(4)18-19(30)27(10-9-22-18)11-14-5-6-14/h7-10,14-15H,5-6,11-13H2,1-4H3. The number of hydrogen-bond acceptors (Lipinski definition) is 7. The van der Waals surface area contributed by atoms with Crippen molar-refractivity contribution >= 4 is 17.3 Å². The minimum Gasteiger partial charge on any atom is -0.351 e. The maximum absolute atomic E-state index is 12.8. The van der Waals surface area contributed by atoms with Crippen LogP contribution in [0.5, 0.6) is 0 Å². The van der Waals surface area contributed by atoms with Crippen molar-refractivity contribution in [3.63, 3.8) is 0 Å². The van der Waals surface area contributed by atoms with Crippen molar-refractivity contribution in [1.29, 1.82) is 0 Å². The first kappa shape index (κ1) is 19.0. The van der Waals surface area contributed by atoms with Crippen LogP contribution < -0.4 is 15.4 Å². The lowest BCUT2D eigenvalue weighted by molar-refractivity contribution is 0.479. The summed E-state index contributed by atoms with van der Waals surface area (Å²) >= 11 is 0. The summed E-state index contributed by atoms with van der Waals surface area (Å²) in [5.41, 5.74) is 0.619. The summed E-state index contributed by atoms with van der Waals surface area (Å²) in [5.74, 6) is 2.92. The van der Waals surface area contributed by atoms with Crippen LogP contribution in [0.25, 0.3) is 5.65 Å². The highest BCUT2D eigenvalue weighted by molar-refractivity contribution is 5.50. The molecule has 2 fully saturated rings. The molecule has 1 saturated carbocycles. The molecule has 4 heterocycles. The third kappa shape index (κ3) is 3.32. The molecule has 5 rings (SSSR count). The Kier molecular flexibility index (Phi) is 4.30. The number of anilines is 2.